The van der Waals surface area contributed by atoms with Gasteiger partial charge in [0.15, 0.2) is 0 Å². The number of hydrogen-bond donors (Lipinski definition) is 2. The van der Waals surface area contributed by atoms with Crippen molar-refractivity contribution in [3.05, 3.63) is 23.8 Å². The third kappa shape index (κ3) is 3.50. The summed E-state index contributed by atoms with van der Waals surface area (Å²) in [5.74, 6) is 0.571. The average molecular weight is 276 g/mol. The van der Waals surface area contributed by atoms with E-state index >= 15 is 0 Å². The molecule has 20 heavy (non-hydrogen) atoms. The monoisotopic (exact) mass is 276 g/mol. The Bertz CT molecular complexity index is 526. The second-order valence-electron chi connectivity index (χ2n) is 5.29. The summed E-state index contributed by atoms with van der Waals surface area (Å²) in [6.45, 7) is 5.88. The molecule has 2 amide bonds. The minimum absolute atomic E-state index is 0.0676. The van der Waals surface area contributed by atoms with Crippen LogP contribution < -0.4 is 15.4 Å². The molecule has 0 aromatic heterocycles. The lowest BCUT2D eigenvalue weighted by atomic mass is 10.1. The van der Waals surface area contributed by atoms with Crippen LogP contribution >= 0.6 is 0 Å². The van der Waals surface area contributed by atoms with E-state index in [1.165, 1.54) is 0 Å². The van der Waals surface area contributed by atoms with Crippen LogP contribution in [0, 0.1) is 6.92 Å². The van der Waals surface area contributed by atoms with E-state index in [1.54, 1.807) is 6.07 Å². The highest BCUT2D eigenvalue weighted by atomic mass is 16.5. The molecule has 108 valence electrons. The highest BCUT2D eigenvalue weighted by molar-refractivity contribution is 5.99. The molecule has 1 saturated heterocycles. The number of nitrogens with one attached hydrogen (secondary N) is 2. The number of amides is 2. The highest BCUT2D eigenvalue weighted by Gasteiger charge is 2.27. The minimum Gasteiger partial charge on any atom is -0.491 e. The number of rotatable bonds is 4. The summed E-state index contributed by atoms with van der Waals surface area (Å²) in [7, 11) is 0. The molecule has 0 spiro atoms. The van der Waals surface area contributed by atoms with Crippen molar-refractivity contribution < 1.29 is 14.3 Å². The quantitative estimate of drug-likeness (QED) is 0.884. The van der Waals surface area contributed by atoms with Crippen molar-refractivity contribution in [2.24, 2.45) is 0 Å². The molecule has 5 heteroatoms. The van der Waals surface area contributed by atoms with Crippen molar-refractivity contribution in [3.63, 3.8) is 0 Å². The van der Waals surface area contributed by atoms with Crippen molar-refractivity contribution in [2.75, 3.05) is 5.32 Å². The van der Waals surface area contributed by atoms with Crippen molar-refractivity contribution >= 4 is 17.5 Å². The number of benzene rings is 1. The van der Waals surface area contributed by atoms with Crippen LogP contribution in [0.25, 0.3) is 0 Å². The minimum atomic E-state index is -0.422. The Hall–Kier alpha value is -2.04. The van der Waals surface area contributed by atoms with Gasteiger partial charge in [-0.25, -0.2) is 0 Å². The largest absolute Gasteiger partial charge is 0.491 e. The molecule has 1 atom stereocenters. The molecule has 1 fully saturated rings. The van der Waals surface area contributed by atoms with Crippen molar-refractivity contribution in [3.8, 4) is 5.75 Å². The third-order valence-corrected chi connectivity index (χ3v) is 3.12. The van der Waals surface area contributed by atoms with Crippen LogP contribution in [0.5, 0.6) is 5.75 Å². The van der Waals surface area contributed by atoms with Crippen LogP contribution in [-0.4, -0.2) is 24.0 Å². The third-order valence-electron chi connectivity index (χ3n) is 3.12. The first-order valence-electron chi connectivity index (χ1n) is 6.83. The van der Waals surface area contributed by atoms with E-state index in [4.69, 9.17) is 4.74 Å². The number of carbonyl (C=O) groups excluding carboxylic acids is 2. The van der Waals surface area contributed by atoms with Gasteiger partial charge in [-0.15, -0.1) is 0 Å². The fourth-order valence-corrected chi connectivity index (χ4v) is 2.15. The molecule has 1 aromatic carbocycles. The zero-order chi connectivity index (χ0) is 14.7. The number of aryl methyl sites for hydroxylation is 1. The highest BCUT2D eigenvalue weighted by Crippen LogP contribution is 2.23. The number of hydrogen-bond acceptors (Lipinski definition) is 3. The van der Waals surface area contributed by atoms with Gasteiger partial charge in [0, 0.05) is 12.1 Å². The van der Waals surface area contributed by atoms with Crippen LogP contribution in [-0.2, 0) is 9.59 Å². The fraction of sp³-hybridized carbons (Fsp3) is 0.467. The lowest BCUT2D eigenvalue weighted by Crippen LogP contribution is -2.37. The van der Waals surface area contributed by atoms with Crippen molar-refractivity contribution in [2.45, 2.75) is 45.8 Å². The zero-order valence-electron chi connectivity index (χ0n) is 12.0. The summed E-state index contributed by atoms with van der Waals surface area (Å²) in [6.07, 6.45) is 1.08. The fourth-order valence-electron chi connectivity index (χ4n) is 2.15. The summed E-state index contributed by atoms with van der Waals surface area (Å²) < 4.78 is 5.65. The Morgan fingerprint density at radius 2 is 2.20 bits per heavy atom. The maximum Gasteiger partial charge on any atom is 0.246 e. The lowest BCUT2D eigenvalue weighted by molar-refractivity contribution is -0.122. The molecule has 0 saturated carbocycles. The topological polar surface area (TPSA) is 67.4 Å². The summed E-state index contributed by atoms with van der Waals surface area (Å²) >= 11 is 0. The van der Waals surface area contributed by atoms with Crippen LogP contribution in [0.3, 0.4) is 0 Å². The van der Waals surface area contributed by atoms with Gasteiger partial charge in [0.05, 0.1) is 6.10 Å². The molecule has 1 aliphatic rings. The van der Waals surface area contributed by atoms with Crippen LogP contribution in [0.15, 0.2) is 18.2 Å². The maximum absolute atomic E-state index is 12.0. The van der Waals surface area contributed by atoms with Gasteiger partial charge in [0.2, 0.25) is 11.8 Å². The Morgan fingerprint density at radius 1 is 1.45 bits per heavy atom. The number of carbonyl (C=O) groups is 2. The zero-order valence-corrected chi connectivity index (χ0v) is 12.0. The molecule has 5 nitrogen and oxygen atoms in total. The standard InChI is InChI=1S/C15H20N2O3/c1-9(2)20-13-6-4-11(8-10(13)3)16-15(19)12-5-7-14(18)17-12/h4,6,8-9,12H,5,7H2,1-3H3,(H,16,19)(H,17,18). The first-order valence-corrected chi connectivity index (χ1v) is 6.83. The van der Waals surface area contributed by atoms with Crippen molar-refractivity contribution in [1.82, 2.24) is 5.32 Å². The average Bonchev–Trinajstić information content (AvgIpc) is 2.79. The summed E-state index contributed by atoms with van der Waals surface area (Å²) in [5.41, 5.74) is 1.68. The van der Waals surface area contributed by atoms with E-state index in [9.17, 15) is 9.59 Å². The van der Waals surface area contributed by atoms with Crippen LogP contribution in [0.1, 0.15) is 32.3 Å². The second kappa shape index (κ2) is 5.94. The first kappa shape index (κ1) is 14.4. The number of anilines is 1. The SMILES string of the molecule is Cc1cc(NC(=O)C2CCC(=O)N2)ccc1OC(C)C. The van der Waals surface area contributed by atoms with Crippen LogP contribution in [0.4, 0.5) is 5.69 Å². The predicted octanol–water partition coefficient (Wildman–Crippen LogP) is 2.00. The Balaban J connectivity index is 2.01. The summed E-state index contributed by atoms with van der Waals surface area (Å²) in [4.78, 5) is 23.1. The Labute approximate surface area is 118 Å². The Kier molecular flexibility index (Phi) is 4.27. The van der Waals surface area contributed by atoms with Gasteiger partial charge in [-0.3, -0.25) is 9.59 Å². The van der Waals surface area contributed by atoms with E-state index in [2.05, 4.69) is 10.6 Å². The molecule has 1 aromatic rings. The van der Waals surface area contributed by atoms with Gasteiger partial charge in [-0.2, -0.15) is 0 Å². The molecule has 1 heterocycles. The van der Waals surface area contributed by atoms with Gasteiger partial charge in [-0.1, -0.05) is 0 Å². The molecule has 1 unspecified atom stereocenters. The van der Waals surface area contributed by atoms with Gasteiger partial charge >= 0.3 is 0 Å². The molecule has 2 N–H and O–H groups in total. The first-order chi connectivity index (χ1) is 9.45. The van der Waals surface area contributed by atoms with E-state index in [-0.39, 0.29) is 17.9 Å². The summed E-state index contributed by atoms with van der Waals surface area (Å²) in [5, 5.41) is 5.47. The predicted molar refractivity (Wildman–Crippen MR) is 76.7 cm³/mol. The van der Waals surface area contributed by atoms with Gasteiger partial charge in [0.1, 0.15) is 11.8 Å². The molecule has 0 radical (unpaired) electrons. The second-order valence-corrected chi connectivity index (χ2v) is 5.29. The maximum atomic E-state index is 12.0. The molecule has 0 bridgehead atoms. The van der Waals surface area contributed by atoms with Gasteiger partial charge in [0.25, 0.3) is 0 Å². The van der Waals surface area contributed by atoms with E-state index in [0.29, 0.717) is 18.5 Å². The molecule has 0 aliphatic carbocycles. The molecule has 2 rings (SSSR count). The summed E-state index contributed by atoms with van der Waals surface area (Å²) in [6, 6.07) is 5.10. The normalized spacial score (nSPS) is 18.0. The molecular weight excluding hydrogens is 256 g/mol. The van der Waals surface area contributed by atoms with Crippen molar-refractivity contribution in [1.29, 1.82) is 0 Å². The molecule has 1 aliphatic heterocycles. The van der Waals surface area contributed by atoms with Gasteiger partial charge in [-0.05, 0) is 51.0 Å². The van der Waals surface area contributed by atoms with Crippen LogP contribution in [0.2, 0.25) is 0 Å². The van der Waals surface area contributed by atoms with Gasteiger partial charge < -0.3 is 15.4 Å². The lowest BCUT2D eigenvalue weighted by Gasteiger charge is -2.15. The van der Waals surface area contributed by atoms with E-state index in [1.807, 2.05) is 32.9 Å². The smallest absolute Gasteiger partial charge is 0.246 e. The Morgan fingerprint density at radius 3 is 2.75 bits per heavy atom. The van der Waals surface area contributed by atoms with E-state index < -0.39 is 6.04 Å². The number of ether oxygens (including phenoxy) is 1. The molecular formula is C15H20N2O3. The van der Waals surface area contributed by atoms with E-state index in [0.717, 1.165) is 11.3 Å².